The van der Waals surface area contributed by atoms with E-state index in [0.717, 1.165) is 6.07 Å². The normalized spacial score (nSPS) is 9.82. The zero-order chi connectivity index (χ0) is 13.0. The zero-order valence-corrected chi connectivity index (χ0v) is 11.4. The highest BCUT2D eigenvalue weighted by Crippen LogP contribution is 2.33. The summed E-state index contributed by atoms with van der Waals surface area (Å²) in [7, 11) is 1.34. The van der Waals surface area contributed by atoms with Crippen LogP contribution in [-0.2, 0) is 4.74 Å². The van der Waals surface area contributed by atoms with Crippen LogP contribution >= 0.6 is 22.6 Å². The second-order valence-corrected chi connectivity index (χ2v) is 4.15. The van der Waals surface area contributed by atoms with Gasteiger partial charge in [-0.25, -0.2) is 4.79 Å². The van der Waals surface area contributed by atoms with Crippen molar-refractivity contribution < 1.29 is 19.2 Å². The van der Waals surface area contributed by atoms with Crippen LogP contribution in [0.3, 0.4) is 0 Å². The molecule has 0 aliphatic rings. The minimum absolute atomic E-state index is 0.142. The Hall–Kier alpha value is -1.38. The highest BCUT2D eigenvalue weighted by Gasteiger charge is 2.22. The Kier molecular flexibility index (Phi) is 4.67. The lowest BCUT2D eigenvalue weighted by molar-refractivity contribution is -0.385. The number of halogens is 1. The standard InChI is InChI=1S/C10H10INO5/c1-3-17-10(13)6-4-7(11)9(16-2)8(5-6)12(14)15/h4-5H,3H2,1-2H3. The summed E-state index contributed by atoms with van der Waals surface area (Å²) in [5.74, 6) is -0.445. The molecule has 0 saturated carbocycles. The van der Waals surface area contributed by atoms with E-state index in [9.17, 15) is 14.9 Å². The molecule has 1 aromatic carbocycles. The van der Waals surface area contributed by atoms with Gasteiger partial charge in [0.2, 0.25) is 5.75 Å². The van der Waals surface area contributed by atoms with Crippen molar-refractivity contribution in [2.24, 2.45) is 0 Å². The van der Waals surface area contributed by atoms with Gasteiger partial charge in [0.1, 0.15) is 0 Å². The smallest absolute Gasteiger partial charge is 0.338 e. The van der Waals surface area contributed by atoms with Crippen molar-refractivity contribution in [3.8, 4) is 5.75 Å². The van der Waals surface area contributed by atoms with Gasteiger partial charge in [0.05, 0.1) is 27.8 Å². The van der Waals surface area contributed by atoms with Crippen molar-refractivity contribution in [1.82, 2.24) is 0 Å². The lowest BCUT2D eigenvalue weighted by atomic mass is 10.2. The van der Waals surface area contributed by atoms with Crippen molar-refractivity contribution in [2.75, 3.05) is 13.7 Å². The first kappa shape index (κ1) is 13.7. The number of nitro groups is 1. The van der Waals surface area contributed by atoms with Gasteiger partial charge in [-0.05, 0) is 35.6 Å². The summed E-state index contributed by atoms with van der Waals surface area (Å²) in [6.07, 6.45) is 0. The third-order valence-corrected chi connectivity index (χ3v) is 2.74. The van der Waals surface area contributed by atoms with Gasteiger partial charge in [0, 0.05) is 6.07 Å². The first-order chi connectivity index (χ1) is 8.01. The Bertz CT molecular complexity index is 460. The maximum atomic E-state index is 11.5. The van der Waals surface area contributed by atoms with E-state index < -0.39 is 10.9 Å². The lowest BCUT2D eigenvalue weighted by Gasteiger charge is -2.07. The molecule has 0 unspecified atom stereocenters. The van der Waals surface area contributed by atoms with E-state index in [0.29, 0.717) is 3.57 Å². The highest BCUT2D eigenvalue weighted by atomic mass is 127. The largest absolute Gasteiger partial charge is 0.489 e. The number of carbonyl (C=O) groups excluding carboxylic acids is 1. The molecule has 17 heavy (non-hydrogen) atoms. The predicted molar refractivity (Wildman–Crippen MR) is 68.3 cm³/mol. The van der Waals surface area contributed by atoms with E-state index in [1.54, 1.807) is 6.92 Å². The van der Waals surface area contributed by atoms with Crippen LogP contribution in [0.4, 0.5) is 5.69 Å². The fourth-order valence-electron chi connectivity index (χ4n) is 1.25. The first-order valence-corrected chi connectivity index (χ1v) is 5.78. The molecule has 0 spiro atoms. The Balaban J connectivity index is 3.29. The SMILES string of the molecule is CCOC(=O)c1cc(I)c(OC)c([N+](=O)[O-])c1. The molecular weight excluding hydrogens is 341 g/mol. The van der Waals surface area contributed by atoms with Crippen LogP contribution in [0.2, 0.25) is 0 Å². The van der Waals surface area contributed by atoms with Crippen molar-refractivity contribution in [1.29, 1.82) is 0 Å². The van der Waals surface area contributed by atoms with Gasteiger partial charge >= 0.3 is 11.7 Å². The van der Waals surface area contributed by atoms with E-state index in [4.69, 9.17) is 9.47 Å². The average Bonchev–Trinajstić information content (AvgIpc) is 2.28. The summed E-state index contributed by atoms with van der Waals surface area (Å²) in [6, 6.07) is 2.64. The van der Waals surface area contributed by atoms with Crippen LogP contribution < -0.4 is 4.74 Å². The Morgan fingerprint density at radius 1 is 1.53 bits per heavy atom. The van der Waals surface area contributed by atoms with Crippen molar-refractivity contribution >= 4 is 34.2 Å². The summed E-state index contributed by atoms with van der Waals surface area (Å²) in [4.78, 5) is 21.7. The van der Waals surface area contributed by atoms with E-state index >= 15 is 0 Å². The van der Waals surface area contributed by atoms with Gasteiger partial charge in [-0.1, -0.05) is 0 Å². The minimum atomic E-state index is -0.594. The fraction of sp³-hybridized carbons (Fsp3) is 0.300. The molecule has 7 heteroatoms. The zero-order valence-electron chi connectivity index (χ0n) is 9.23. The summed E-state index contributed by atoms with van der Waals surface area (Å²) in [5, 5.41) is 10.8. The molecule has 1 rings (SSSR count). The van der Waals surface area contributed by atoms with Crippen LogP contribution in [0.25, 0.3) is 0 Å². The van der Waals surface area contributed by atoms with Gasteiger partial charge in [0.15, 0.2) is 0 Å². The fourth-order valence-corrected chi connectivity index (χ4v) is 2.08. The van der Waals surface area contributed by atoms with Gasteiger partial charge in [0.25, 0.3) is 0 Å². The Morgan fingerprint density at radius 2 is 2.18 bits per heavy atom. The number of carbonyl (C=O) groups is 1. The van der Waals surface area contributed by atoms with Gasteiger partial charge in [-0.3, -0.25) is 10.1 Å². The van der Waals surface area contributed by atoms with Crippen LogP contribution in [0.5, 0.6) is 5.75 Å². The second-order valence-electron chi connectivity index (χ2n) is 2.99. The monoisotopic (exact) mass is 351 g/mol. The third-order valence-electron chi connectivity index (χ3n) is 1.94. The Labute approximate surface area is 111 Å². The van der Waals surface area contributed by atoms with Crippen LogP contribution in [-0.4, -0.2) is 24.6 Å². The van der Waals surface area contributed by atoms with Crippen molar-refractivity contribution in [2.45, 2.75) is 6.92 Å². The Morgan fingerprint density at radius 3 is 2.65 bits per heavy atom. The number of ether oxygens (including phenoxy) is 2. The summed E-state index contributed by atoms with van der Waals surface area (Å²) < 4.78 is 10.2. The second kappa shape index (κ2) is 5.80. The lowest BCUT2D eigenvalue weighted by Crippen LogP contribution is -2.07. The topological polar surface area (TPSA) is 78.7 Å². The number of hydrogen-bond donors (Lipinski definition) is 0. The molecule has 1 aromatic rings. The molecule has 0 bridgehead atoms. The molecule has 0 radical (unpaired) electrons. The van der Waals surface area contributed by atoms with Crippen LogP contribution in [0, 0.1) is 13.7 Å². The molecule has 0 aromatic heterocycles. The summed E-state index contributed by atoms with van der Waals surface area (Å²) in [5.41, 5.74) is -0.105. The van der Waals surface area contributed by atoms with Gasteiger partial charge in [-0.2, -0.15) is 0 Å². The average molecular weight is 351 g/mol. The number of esters is 1. The number of methoxy groups -OCH3 is 1. The molecular formula is C10H10INO5. The number of rotatable bonds is 4. The molecule has 0 aliphatic carbocycles. The van der Waals surface area contributed by atoms with E-state index in [-0.39, 0.29) is 23.6 Å². The minimum Gasteiger partial charge on any atom is -0.489 e. The summed E-state index contributed by atoms with van der Waals surface area (Å²) in [6.45, 7) is 1.88. The molecule has 6 nitrogen and oxygen atoms in total. The van der Waals surface area contributed by atoms with Gasteiger partial charge in [-0.15, -0.1) is 0 Å². The summed E-state index contributed by atoms with van der Waals surface area (Å²) >= 11 is 1.87. The van der Waals surface area contributed by atoms with Crippen molar-refractivity contribution in [3.63, 3.8) is 0 Å². The predicted octanol–water partition coefficient (Wildman–Crippen LogP) is 2.38. The maximum Gasteiger partial charge on any atom is 0.338 e. The number of nitro benzene ring substituents is 1. The molecule has 0 amide bonds. The molecule has 0 saturated heterocycles. The number of nitrogens with zero attached hydrogens (tertiary/aromatic N) is 1. The molecule has 0 aliphatic heterocycles. The van der Waals surface area contributed by atoms with Gasteiger partial charge < -0.3 is 9.47 Å². The molecule has 92 valence electrons. The third kappa shape index (κ3) is 3.05. The first-order valence-electron chi connectivity index (χ1n) is 4.70. The van der Waals surface area contributed by atoms with E-state index in [2.05, 4.69) is 0 Å². The van der Waals surface area contributed by atoms with Crippen LogP contribution in [0.1, 0.15) is 17.3 Å². The number of hydrogen-bond acceptors (Lipinski definition) is 5. The molecule has 0 atom stereocenters. The van der Waals surface area contributed by atoms with E-state index in [1.807, 2.05) is 22.6 Å². The van der Waals surface area contributed by atoms with E-state index in [1.165, 1.54) is 13.2 Å². The molecule has 0 heterocycles. The van der Waals surface area contributed by atoms with Crippen LogP contribution in [0.15, 0.2) is 12.1 Å². The molecule has 0 fully saturated rings. The number of benzene rings is 1. The van der Waals surface area contributed by atoms with Crippen molar-refractivity contribution in [3.05, 3.63) is 31.4 Å². The molecule has 0 N–H and O–H groups in total. The highest BCUT2D eigenvalue weighted by molar-refractivity contribution is 14.1. The quantitative estimate of drug-likeness (QED) is 0.360. The maximum absolute atomic E-state index is 11.5.